The van der Waals surface area contributed by atoms with Gasteiger partial charge in [0.2, 0.25) is 11.8 Å². The Balaban J connectivity index is 2.06. The highest BCUT2D eigenvalue weighted by atomic mass is 16.5. The molecule has 6 nitrogen and oxygen atoms in total. The van der Waals surface area contributed by atoms with Crippen LogP contribution in [0.1, 0.15) is 46.1 Å². The quantitative estimate of drug-likeness (QED) is 0.842. The Morgan fingerprint density at radius 3 is 2.19 bits per heavy atom. The fourth-order valence-corrected chi connectivity index (χ4v) is 3.49. The van der Waals surface area contributed by atoms with E-state index in [9.17, 15) is 9.59 Å². The molecule has 2 N–H and O–H groups in total. The molecule has 1 fully saturated rings. The molecule has 1 aliphatic heterocycles. The average Bonchev–Trinajstić information content (AvgIpc) is 2.54. The summed E-state index contributed by atoms with van der Waals surface area (Å²) in [5, 5.41) is 6.15. The highest BCUT2D eigenvalue weighted by Gasteiger charge is 2.37. The summed E-state index contributed by atoms with van der Waals surface area (Å²) in [5.41, 5.74) is 0.456. The normalized spacial score (nSPS) is 17.4. The highest BCUT2D eigenvalue weighted by molar-refractivity contribution is 5.78. The van der Waals surface area contributed by atoms with Crippen molar-refractivity contribution in [3.05, 3.63) is 29.8 Å². The van der Waals surface area contributed by atoms with Gasteiger partial charge in [-0.05, 0) is 51.3 Å². The third kappa shape index (κ3) is 5.46. The summed E-state index contributed by atoms with van der Waals surface area (Å²) in [6.45, 7) is 9.38. The smallest absolute Gasteiger partial charge is 0.234 e. The summed E-state index contributed by atoms with van der Waals surface area (Å²) < 4.78 is 5.23. The van der Waals surface area contributed by atoms with Crippen molar-refractivity contribution in [2.75, 3.05) is 26.7 Å². The fourth-order valence-electron chi connectivity index (χ4n) is 3.49. The van der Waals surface area contributed by atoms with Crippen LogP contribution in [0.15, 0.2) is 24.3 Å². The minimum absolute atomic E-state index is 0.0361. The number of benzene rings is 1. The lowest BCUT2D eigenvalue weighted by Crippen LogP contribution is -2.54. The van der Waals surface area contributed by atoms with Crippen molar-refractivity contribution >= 4 is 11.8 Å². The van der Waals surface area contributed by atoms with Crippen LogP contribution in [0.25, 0.3) is 0 Å². The van der Waals surface area contributed by atoms with Crippen LogP contribution in [0.3, 0.4) is 0 Å². The van der Waals surface area contributed by atoms with Crippen LogP contribution in [0, 0.1) is 0 Å². The number of nitrogens with zero attached hydrogens (tertiary/aromatic N) is 1. The maximum Gasteiger partial charge on any atom is 0.234 e. The van der Waals surface area contributed by atoms with Gasteiger partial charge in [-0.15, -0.1) is 0 Å². The summed E-state index contributed by atoms with van der Waals surface area (Å²) in [6.07, 6.45) is 1.53. The first-order chi connectivity index (χ1) is 12.1. The number of methoxy groups -OCH3 is 1. The maximum absolute atomic E-state index is 12.2. The van der Waals surface area contributed by atoms with Crippen LogP contribution in [0.4, 0.5) is 0 Å². The standard InChI is InChI=1S/C20H31N3O3/c1-15(24)21-20(16-6-8-17(26-5)9-7-16)10-12-23(13-11-20)14-18(25)22-19(2,3)4/h6-9H,10-14H2,1-5H3,(H,21,24)(H,22,25). The van der Waals surface area contributed by atoms with Gasteiger partial charge >= 0.3 is 0 Å². The van der Waals surface area contributed by atoms with Gasteiger partial charge in [-0.25, -0.2) is 0 Å². The number of amides is 2. The second-order valence-corrected chi connectivity index (χ2v) is 8.07. The van der Waals surface area contributed by atoms with E-state index in [1.165, 1.54) is 0 Å². The lowest BCUT2D eigenvalue weighted by molar-refractivity contribution is -0.125. The second kappa shape index (κ2) is 8.08. The van der Waals surface area contributed by atoms with Gasteiger partial charge in [0.15, 0.2) is 0 Å². The van der Waals surface area contributed by atoms with E-state index < -0.39 is 5.54 Å². The number of hydrogen-bond acceptors (Lipinski definition) is 4. The maximum atomic E-state index is 12.2. The van der Waals surface area contributed by atoms with E-state index in [1.807, 2.05) is 45.0 Å². The molecule has 1 aromatic carbocycles. The molecule has 2 rings (SSSR count). The van der Waals surface area contributed by atoms with Gasteiger partial charge in [0.25, 0.3) is 0 Å². The minimum atomic E-state index is -0.394. The topological polar surface area (TPSA) is 70.7 Å². The summed E-state index contributed by atoms with van der Waals surface area (Å²) >= 11 is 0. The highest BCUT2D eigenvalue weighted by Crippen LogP contribution is 2.34. The SMILES string of the molecule is COc1ccc(C2(NC(C)=O)CCN(CC(=O)NC(C)(C)C)CC2)cc1. The molecule has 0 aromatic heterocycles. The lowest BCUT2D eigenvalue weighted by Gasteiger charge is -2.42. The molecule has 0 atom stereocenters. The summed E-state index contributed by atoms with van der Waals surface area (Å²) in [6, 6.07) is 7.86. The third-order valence-electron chi connectivity index (χ3n) is 4.65. The van der Waals surface area contributed by atoms with Gasteiger partial charge < -0.3 is 15.4 Å². The largest absolute Gasteiger partial charge is 0.497 e. The van der Waals surface area contributed by atoms with Gasteiger partial charge in [0, 0.05) is 25.6 Å². The molecule has 1 heterocycles. The molecule has 0 spiro atoms. The number of carbonyl (C=O) groups excluding carboxylic acids is 2. The molecule has 0 bridgehead atoms. The van der Waals surface area contributed by atoms with Crippen molar-refractivity contribution in [2.45, 2.75) is 51.6 Å². The number of hydrogen-bond donors (Lipinski definition) is 2. The van der Waals surface area contributed by atoms with Crippen molar-refractivity contribution in [1.29, 1.82) is 0 Å². The molecule has 0 aliphatic carbocycles. The van der Waals surface area contributed by atoms with Crippen molar-refractivity contribution in [2.24, 2.45) is 0 Å². The molecule has 0 unspecified atom stereocenters. The molecule has 1 saturated heterocycles. The summed E-state index contributed by atoms with van der Waals surface area (Å²) in [7, 11) is 1.64. The van der Waals surface area contributed by atoms with Gasteiger partial charge in [-0.2, -0.15) is 0 Å². The Bertz CT molecular complexity index is 627. The minimum Gasteiger partial charge on any atom is -0.497 e. The zero-order chi connectivity index (χ0) is 19.4. The Labute approximate surface area is 156 Å². The first kappa shape index (κ1) is 20.2. The average molecular weight is 361 g/mol. The zero-order valence-electron chi connectivity index (χ0n) is 16.5. The van der Waals surface area contributed by atoms with Gasteiger partial charge in [-0.3, -0.25) is 14.5 Å². The predicted octanol–water partition coefficient (Wildman–Crippen LogP) is 2.04. The molecule has 144 valence electrons. The fraction of sp³-hybridized carbons (Fsp3) is 0.600. The summed E-state index contributed by atoms with van der Waals surface area (Å²) in [4.78, 5) is 26.1. The van der Waals surface area contributed by atoms with E-state index in [-0.39, 0.29) is 17.4 Å². The molecule has 0 saturated carbocycles. The van der Waals surface area contributed by atoms with Crippen LogP contribution in [0.2, 0.25) is 0 Å². The predicted molar refractivity (Wildman–Crippen MR) is 102 cm³/mol. The van der Waals surface area contributed by atoms with Crippen LogP contribution < -0.4 is 15.4 Å². The Kier molecular flexibility index (Phi) is 6.29. The molecule has 0 radical (unpaired) electrons. The van der Waals surface area contributed by atoms with E-state index in [4.69, 9.17) is 4.74 Å². The van der Waals surface area contributed by atoms with Crippen molar-refractivity contribution in [1.82, 2.24) is 15.5 Å². The van der Waals surface area contributed by atoms with Crippen molar-refractivity contribution in [3.8, 4) is 5.75 Å². The van der Waals surface area contributed by atoms with Crippen LogP contribution in [-0.4, -0.2) is 49.0 Å². The molecular weight excluding hydrogens is 330 g/mol. The number of ether oxygens (including phenoxy) is 1. The third-order valence-corrected chi connectivity index (χ3v) is 4.65. The molecule has 26 heavy (non-hydrogen) atoms. The Morgan fingerprint density at radius 1 is 1.15 bits per heavy atom. The van der Waals surface area contributed by atoms with Crippen LogP contribution in [0.5, 0.6) is 5.75 Å². The van der Waals surface area contributed by atoms with Gasteiger partial charge in [-0.1, -0.05) is 12.1 Å². The van der Waals surface area contributed by atoms with Crippen LogP contribution >= 0.6 is 0 Å². The molecule has 1 aromatic rings. The van der Waals surface area contributed by atoms with E-state index >= 15 is 0 Å². The molecule has 1 aliphatic rings. The number of nitrogens with one attached hydrogen (secondary N) is 2. The van der Waals surface area contributed by atoms with E-state index in [0.717, 1.165) is 37.2 Å². The second-order valence-electron chi connectivity index (χ2n) is 8.07. The van der Waals surface area contributed by atoms with Gasteiger partial charge in [0.1, 0.15) is 5.75 Å². The van der Waals surface area contributed by atoms with E-state index in [0.29, 0.717) is 6.54 Å². The van der Waals surface area contributed by atoms with E-state index in [2.05, 4.69) is 15.5 Å². The first-order valence-electron chi connectivity index (χ1n) is 9.10. The lowest BCUT2D eigenvalue weighted by atomic mass is 9.80. The molecular formula is C20H31N3O3. The van der Waals surface area contributed by atoms with Crippen LogP contribution in [-0.2, 0) is 15.1 Å². The summed E-state index contributed by atoms with van der Waals surface area (Å²) in [5.74, 6) is 0.789. The number of piperidine rings is 1. The molecule has 6 heteroatoms. The number of likely N-dealkylation sites (tertiary alicyclic amines) is 1. The Morgan fingerprint density at radius 2 is 1.73 bits per heavy atom. The number of rotatable bonds is 5. The first-order valence-corrected chi connectivity index (χ1v) is 9.10. The Hall–Kier alpha value is -2.08. The number of carbonyl (C=O) groups is 2. The van der Waals surface area contributed by atoms with E-state index in [1.54, 1.807) is 14.0 Å². The zero-order valence-corrected chi connectivity index (χ0v) is 16.5. The monoisotopic (exact) mass is 361 g/mol. The van der Waals surface area contributed by atoms with Crippen molar-refractivity contribution in [3.63, 3.8) is 0 Å². The van der Waals surface area contributed by atoms with Gasteiger partial charge in [0.05, 0.1) is 19.2 Å². The van der Waals surface area contributed by atoms with Crippen molar-refractivity contribution < 1.29 is 14.3 Å². The molecule has 2 amide bonds.